The van der Waals surface area contributed by atoms with E-state index in [1.165, 1.54) is 11.3 Å². The molecule has 1 aromatic heterocycles. The Kier molecular flexibility index (Phi) is 4.05. The van der Waals surface area contributed by atoms with E-state index in [0.717, 1.165) is 17.8 Å². The number of carbonyl (C=O) groups excluding carboxylic acids is 1. The van der Waals surface area contributed by atoms with Crippen molar-refractivity contribution in [3.63, 3.8) is 0 Å². The Morgan fingerprint density at radius 2 is 1.65 bits per heavy atom. The van der Waals surface area contributed by atoms with E-state index in [1.807, 2.05) is 0 Å². The molecule has 0 unspecified atom stereocenters. The molecule has 122 valence electrons. The van der Waals surface area contributed by atoms with Gasteiger partial charge in [-0.15, -0.1) is 11.3 Å². The Bertz CT molecular complexity index is 759. The Morgan fingerprint density at radius 1 is 1.09 bits per heavy atom. The lowest BCUT2D eigenvalue weighted by Gasteiger charge is -2.08. The van der Waals surface area contributed by atoms with Crippen molar-refractivity contribution in [1.82, 2.24) is 10.3 Å². The van der Waals surface area contributed by atoms with Gasteiger partial charge in [-0.25, -0.2) is 26.9 Å². The molecule has 1 aliphatic carbocycles. The maximum atomic E-state index is 13.5. The molecule has 2 aromatic rings. The fraction of sp³-hybridized carbons (Fsp3) is 0.286. The summed E-state index contributed by atoms with van der Waals surface area (Å²) in [5, 5.41) is 4.69. The standard InChI is InChI=1S/C14H9F5N2OS/c15-8-7(9(16)11(18)12(19)10(8)17)13(22)20-3-6-4-23-14(21-6)5-1-2-5/h4-5H,1-3H2,(H,20,22). The van der Waals surface area contributed by atoms with Gasteiger partial charge in [0.2, 0.25) is 5.82 Å². The van der Waals surface area contributed by atoms with Crippen molar-refractivity contribution in [1.29, 1.82) is 0 Å². The van der Waals surface area contributed by atoms with Crippen LogP contribution in [0.15, 0.2) is 5.38 Å². The number of nitrogens with zero attached hydrogens (tertiary/aromatic N) is 1. The first-order valence-electron chi connectivity index (χ1n) is 6.64. The van der Waals surface area contributed by atoms with Gasteiger partial charge in [0.05, 0.1) is 17.2 Å². The second-order valence-electron chi connectivity index (χ2n) is 5.08. The minimum absolute atomic E-state index is 0.165. The van der Waals surface area contributed by atoms with E-state index < -0.39 is 40.6 Å². The van der Waals surface area contributed by atoms with Crippen LogP contribution >= 0.6 is 11.3 Å². The fourth-order valence-corrected chi connectivity index (χ4v) is 2.98. The zero-order chi connectivity index (χ0) is 16.7. The van der Waals surface area contributed by atoms with Crippen molar-refractivity contribution >= 4 is 17.2 Å². The second-order valence-corrected chi connectivity index (χ2v) is 5.97. The van der Waals surface area contributed by atoms with Crippen LogP contribution in [0.2, 0.25) is 0 Å². The van der Waals surface area contributed by atoms with Crippen molar-refractivity contribution < 1.29 is 26.7 Å². The molecule has 1 heterocycles. The van der Waals surface area contributed by atoms with E-state index in [9.17, 15) is 26.7 Å². The molecule has 23 heavy (non-hydrogen) atoms. The summed E-state index contributed by atoms with van der Waals surface area (Å²) >= 11 is 1.40. The fourth-order valence-electron chi connectivity index (χ4n) is 1.99. The lowest BCUT2D eigenvalue weighted by atomic mass is 10.1. The van der Waals surface area contributed by atoms with Crippen LogP contribution < -0.4 is 5.32 Å². The average molecular weight is 348 g/mol. The Morgan fingerprint density at radius 3 is 2.22 bits per heavy atom. The first-order chi connectivity index (χ1) is 10.9. The number of hydrogen-bond donors (Lipinski definition) is 1. The molecule has 0 spiro atoms. The molecule has 1 fully saturated rings. The Labute approximate surface area is 131 Å². The van der Waals surface area contributed by atoms with Crippen LogP contribution in [0.4, 0.5) is 22.0 Å². The zero-order valence-electron chi connectivity index (χ0n) is 11.4. The molecule has 0 atom stereocenters. The number of rotatable bonds is 4. The van der Waals surface area contributed by atoms with Gasteiger partial charge in [0.1, 0.15) is 5.56 Å². The molecule has 1 N–H and O–H groups in total. The van der Waals surface area contributed by atoms with Crippen molar-refractivity contribution in [2.75, 3.05) is 0 Å². The SMILES string of the molecule is O=C(NCc1csc(C2CC2)n1)c1c(F)c(F)c(F)c(F)c1F. The van der Waals surface area contributed by atoms with Crippen LogP contribution in [-0.2, 0) is 6.54 Å². The van der Waals surface area contributed by atoms with Gasteiger partial charge in [0.15, 0.2) is 23.3 Å². The van der Waals surface area contributed by atoms with E-state index in [0.29, 0.717) is 11.6 Å². The quantitative estimate of drug-likeness (QED) is 0.521. The van der Waals surface area contributed by atoms with Gasteiger partial charge < -0.3 is 5.32 Å². The highest BCUT2D eigenvalue weighted by atomic mass is 32.1. The second kappa shape index (κ2) is 5.88. The molecule has 0 bridgehead atoms. The Hall–Kier alpha value is -2.03. The molecule has 0 radical (unpaired) electrons. The molecule has 0 saturated heterocycles. The number of carbonyl (C=O) groups is 1. The number of hydrogen-bond acceptors (Lipinski definition) is 3. The molecule has 1 amide bonds. The summed E-state index contributed by atoms with van der Waals surface area (Å²) in [6.07, 6.45) is 2.09. The molecule has 3 rings (SSSR count). The van der Waals surface area contributed by atoms with E-state index >= 15 is 0 Å². The summed E-state index contributed by atoms with van der Waals surface area (Å²) in [6.45, 7) is -0.165. The van der Waals surface area contributed by atoms with Crippen LogP contribution in [-0.4, -0.2) is 10.9 Å². The number of aromatic nitrogens is 1. The maximum absolute atomic E-state index is 13.5. The summed E-state index contributed by atoms with van der Waals surface area (Å²) < 4.78 is 66.1. The predicted molar refractivity (Wildman–Crippen MR) is 71.5 cm³/mol. The average Bonchev–Trinajstić information content (AvgIpc) is 3.28. The summed E-state index contributed by atoms with van der Waals surface area (Å²) in [6, 6.07) is 0. The van der Waals surface area contributed by atoms with Gasteiger partial charge in [-0.3, -0.25) is 4.79 Å². The van der Waals surface area contributed by atoms with Gasteiger partial charge in [-0.2, -0.15) is 0 Å². The molecule has 0 aliphatic heterocycles. The molecule has 3 nitrogen and oxygen atoms in total. The van der Waals surface area contributed by atoms with Gasteiger partial charge in [0.25, 0.3) is 5.91 Å². The first kappa shape index (κ1) is 15.9. The third-order valence-corrected chi connectivity index (χ3v) is 4.42. The van der Waals surface area contributed by atoms with Crippen molar-refractivity contribution in [2.24, 2.45) is 0 Å². The van der Waals surface area contributed by atoms with Crippen LogP contribution in [0.5, 0.6) is 0 Å². The van der Waals surface area contributed by atoms with Gasteiger partial charge >= 0.3 is 0 Å². The van der Waals surface area contributed by atoms with E-state index in [4.69, 9.17) is 0 Å². The molecule has 1 aromatic carbocycles. The number of thiazole rings is 1. The molecule has 1 aliphatic rings. The first-order valence-corrected chi connectivity index (χ1v) is 7.52. The van der Waals surface area contributed by atoms with Crippen LogP contribution in [0.1, 0.15) is 39.8 Å². The summed E-state index contributed by atoms with van der Waals surface area (Å²) in [4.78, 5) is 16.0. The third kappa shape index (κ3) is 2.92. The minimum Gasteiger partial charge on any atom is -0.346 e. The van der Waals surface area contributed by atoms with Gasteiger partial charge in [0, 0.05) is 11.3 Å². The highest BCUT2D eigenvalue weighted by molar-refractivity contribution is 7.09. The normalized spacial score (nSPS) is 14.1. The largest absolute Gasteiger partial charge is 0.346 e. The van der Waals surface area contributed by atoms with E-state index in [-0.39, 0.29) is 6.54 Å². The molecular weight excluding hydrogens is 339 g/mol. The number of halogens is 5. The lowest BCUT2D eigenvalue weighted by Crippen LogP contribution is -2.26. The number of amides is 1. The van der Waals surface area contributed by atoms with Crippen LogP contribution in [0, 0.1) is 29.1 Å². The highest BCUT2D eigenvalue weighted by Gasteiger charge is 2.30. The Balaban J connectivity index is 1.77. The molecule has 9 heteroatoms. The minimum atomic E-state index is -2.30. The number of benzene rings is 1. The monoisotopic (exact) mass is 348 g/mol. The van der Waals surface area contributed by atoms with E-state index in [2.05, 4.69) is 10.3 Å². The summed E-state index contributed by atoms with van der Waals surface area (Å²) in [7, 11) is 0. The summed E-state index contributed by atoms with van der Waals surface area (Å²) in [5.74, 6) is -11.9. The van der Waals surface area contributed by atoms with Crippen LogP contribution in [0.25, 0.3) is 0 Å². The third-order valence-electron chi connectivity index (χ3n) is 3.36. The van der Waals surface area contributed by atoms with Crippen molar-refractivity contribution in [3.05, 3.63) is 50.7 Å². The van der Waals surface area contributed by atoms with E-state index in [1.54, 1.807) is 5.38 Å². The topological polar surface area (TPSA) is 42.0 Å². The lowest BCUT2D eigenvalue weighted by molar-refractivity contribution is 0.0938. The number of nitrogens with one attached hydrogen (secondary N) is 1. The maximum Gasteiger partial charge on any atom is 0.257 e. The van der Waals surface area contributed by atoms with Crippen molar-refractivity contribution in [2.45, 2.75) is 25.3 Å². The highest BCUT2D eigenvalue weighted by Crippen LogP contribution is 2.41. The van der Waals surface area contributed by atoms with Gasteiger partial charge in [-0.05, 0) is 12.8 Å². The zero-order valence-corrected chi connectivity index (χ0v) is 12.2. The molecule has 1 saturated carbocycles. The summed E-state index contributed by atoms with van der Waals surface area (Å²) in [5.41, 5.74) is -1.03. The van der Waals surface area contributed by atoms with Crippen LogP contribution in [0.3, 0.4) is 0 Å². The smallest absolute Gasteiger partial charge is 0.257 e. The van der Waals surface area contributed by atoms with Gasteiger partial charge in [-0.1, -0.05) is 0 Å². The molecular formula is C14H9F5N2OS. The predicted octanol–water partition coefficient (Wildman–Crippen LogP) is 3.65. The van der Waals surface area contributed by atoms with Crippen molar-refractivity contribution in [3.8, 4) is 0 Å².